The number of nitrogens with one attached hydrogen (secondary N) is 1. The number of hydrogen-bond donors (Lipinski definition) is 1. The molecule has 1 fully saturated rings. The van der Waals surface area contributed by atoms with Gasteiger partial charge in [-0.05, 0) is 25.0 Å². The highest BCUT2D eigenvalue weighted by Gasteiger charge is 2.45. The molecule has 1 aliphatic carbocycles. The van der Waals surface area contributed by atoms with Gasteiger partial charge in [-0.3, -0.25) is 9.52 Å². The van der Waals surface area contributed by atoms with Crippen molar-refractivity contribution >= 4 is 15.9 Å². The van der Waals surface area contributed by atoms with Gasteiger partial charge in [0.05, 0.1) is 29.4 Å². The van der Waals surface area contributed by atoms with Gasteiger partial charge in [0.2, 0.25) is 15.9 Å². The van der Waals surface area contributed by atoms with Crippen LogP contribution in [0.2, 0.25) is 0 Å². The smallest absolute Gasteiger partial charge is 0.239 e. The van der Waals surface area contributed by atoms with Gasteiger partial charge in [0, 0.05) is 6.61 Å². The van der Waals surface area contributed by atoms with E-state index in [1.807, 2.05) is 13.0 Å². The van der Waals surface area contributed by atoms with Crippen molar-refractivity contribution in [1.82, 2.24) is 4.72 Å². The summed E-state index contributed by atoms with van der Waals surface area (Å²) >= 11 is 0. The first-order chi connectivity index (χ1) is 9.96. The van der Waals surface area contributed by atoms with Crippen molar-refractivity contribution in [2.75, 3.05) is 6.61 Å². The second kappa shape index (κ2) is 6.24. The first-order valence-corrected chi connectivity index (χ1v) is 8.26. The predicted octanol–water partition coefficient (Wildman–Crippen LogP) is 0.929. The molecule has 2 rings (SSSR count). The molecule has 1 aromatic carbocycles. The van der Waals surface area contributed by atoms with Crippen LogP contribution in [0.15, 0.2) is 24.3 Å². The fraction of sp³-hybridized carbons (Fsp3) is 0.429. The Morgan fingerprint density at radius 1 is 1.48 bits per heavy atom. The Morgan fingerprint density at radius 2 is 2.19 bits per heavy atom. The van der Waals surface area contributed by atoms with E-state index in [1.165, 1.54) is 0 Å². The average Bonchev–Trinajstić information content (AvgIpc) is 3.18. The van der Waals surface area contributed by atoms with E-state index in [9.17, 15) is 13.2 Å². The van der Waals surface area contributed by atoms with Crippen molar-refractivity contribution < 1.29 is 17.9 Å². The van der Waals surface area contributed by atoms with E-state index in [-0.39, 0.29) is 11.7 Å². The van der Waals surface area contributed by atoms with Crippen LogP contribution in [0, 0.1) is 17.2 Å². The quantitative estimate of drug-likeness (QED) is 0.843. The van der Waals surface area contributed by atoms with Gasteiger partial charge in [-0.2, -0.15) is 5.26 Å². The zero-order valence-corrected chi connectivity index (χ0v) is 12.4. The largest absolute Gasteiger partial charge is 0.378 e. The number of carbonyl (C=O) groups is 1. The number of ether oxygens (including phenoxy) is 1. The first kappa shape index (κ1) is 15.5. The fourth-order valence-corrected chi connectivity index (χ4v) is 3.26. The summed E-state index contributed by atoms with van der Waals surface area (Å²) in [5.74, 6) is -1.33. The second-order valence-electron chi connectivity index (χ2n) is 4.83. The predicted molar refractivity (Wildman–Crippen MR) is 75.4 cm³/mol. The SMILES string of the molecule is CCO[C@H]1C[C@@H]1C(=O)NS(=O)(=O)Cc1ccccc1C#N. The molecule has 21 heavy (non-hydrogen) atoms. The molecule has 0 heterocycles. The standard InChI is InChI=1S/C14H16N2O4S/c1-2-20-13-7-12(13)14(17)16-21(18,19)9-11-6-4-3-5-10(11)8-15/h3-6,12-13H,2,7,9H2,1H3,(H,16,17)/t12-,13-/m0/s1. The summed E-state index contributed by atoms with van der Waals surface area (Å²) < 4.78 is 31.3. The van der Waals surface area contributed by atoms with Gasteiger partial charge in [0.15, 0.2) is 0 Å². The van der Waals surface area contributed by atoms with E-state index in [0.717, 1.165) is 0 Å². The Hall–Kier alpha value is -1.91. The van der Waals surface area contributed by atoms with Gasteiger partial charge in [-0.25, -0.2) is 8.42 Å². The van der Waals surface area contributed by atoms with Crippen LogP contribution in [0.25, 0.3) is 0 Å². The molecule has 1 saturated carbocycles. The summed E-state index contributed by atoms with van der Waals surface area (Å²) in [6, 6.07) is 8.34. The summed E-state index contributed by atoms with van der Waals surface area (Å²) in [6.45, 7) is 2.32. The topological polar surface area (TPSA) is 96.3 Å². The van der Waals surface area contributed by atoms with Crippen LogP contribution < -0.4 is 4.72 Å². The molecule has 0 saturated heterocycles. The van der Waals surface area contributed by atoms with Gasteiger partial charge in [-0.1, -0.05) is 18.2 Å². The molecule has 1 amide bonds. The minimum Gasteiger partial charge on any atom is -0.378 e. The zero-order chi connectivity index (χ0) is 15.5. The lowest BCUT2D eigenvalue weighted by Crippen LogP contribution is -2.33. The molecule has 7 heteroatoms. The normalized spacial score (nSPS) is 20.6. The van der Waals surface area contributed by atoms with Gasteiger partial charge < -0.3 is 4.74 Å². The third kappa shape index (κ3) is 4.03. The molecule has 0 radical (unpaired) electrons. The molecule has 1 aromatic rings. The van der Waals surface area contributed by atoms with Crippen molar-refractivity contribution in [2.24, 2.45) is 5.92 Å². The third-order valence-corrected chi connectivity index (χ3v) is 4.39. The van der Waals surface area contributed by atoms with E-state index >= 15 is 0 Å². The minimum absolute atomic E-state index is 0.184. The Bertz CT molecular complexity index is 678. The van der Waals surface area contributed by atoms with Crippen molar-refractivity contribution in [2.45, 2.75) is 25.2 Å². The molecule has 1 N–H and O–H groups in total. The number of sulfonamides is 1. The Labute approximate surface area is 123 Å². The molecule has 0 spiro atoms. The van der Waals surface area contributed by atoms with Crippen molar-refractivity contribution in [3.63, 3.8) is 0 Å². The molecule has 2 atom stereocenters. The Morgan fingerprint density at radius 3 is 2.86 bits per heavy atom. The maximum absolute atomic E-state index is 12.0. The van der Waals surface area contributed by atoms with Gasteiger partial charge in [0.1, 0.15) is 0 Å². The average molecular weight is 308 g/mol. The van der Waals surface area contributed by atoms with Crippen LogP contribution in [0.1, 0.15) is 24.5 Å². The number of rotatable bonds is 6. The van der Waals surface area contributed by atoms with Gasteiger partial charge in [0.25, 0.3) is 0 Å². The highest BCUT2D eigenvalue weighted by atomic mass is 32.2. The molecule has 0 unspecified atom stereocenters. The van der Waals surface area contributed by atoms with Crippen molar-refractivity contribution in [1.29, 1.82) is 5.26 Å². The lowest BCUT2D eigenvalue weighted by molar-refractivity contribution is -0.121. The first-order valence-electron chi connectivity index (χ1n) is 6.60. The highest BCUT2D eigenvalue weighted by Crippen LogP contribution is 2.33. The number of hydrogen-bond acceptors (Lipinski definition) is 5. The number of benzene rings is 1. The molecule has 0 aromatic heterocycles. The maximum Gasteiger partial charge on any atom is 0.239 e. The number of carbonyl (C=O) groups excluding carboxylic acids is 1. The summed E-state index contributed by atoms with van der Waals surface area (Å²) in [7, 11) is -3.82. The minimum atomic E-state index is -3.82. The number of nitriles is 1. The van der Waals surface area contributed by atoms with Crippen LogP contribution in [0.5, 0.6) is 0 Å². The van der Waals surface area contributed by atoms with Crippen molar-refractivity contribution in [3.8, 4) is 6.07 Å². The second-order valence-corrected chi connectivity index (χ2v) is 6.55. The van der Waals surface area contributed by atoms with Crippen molar-refractivity contribution in [3.05, 3.63) is 35.4 Å². The molecule has 0 bridgehead atoms. The summed E-state index contributed by atoms with van der Waals surface area (Å²) in [4.78, 5) is 11.8. The lowest BCUT2D eigenvalue weighted by Gasteiger charge is -2.08. The van der Waals surface area contributed by atoms with Gasteiger partial charge >= 0.3 is 0 Å². The fourth-order valence-electron chi connectivity index (χ4n) is 2.07. The zero-order valence-electron chi connectivity index (χ0n) is 11.6. The molecular weight excluding hydrogens is 292 g/mol. The third-order valence-electron chi connectivity index (χ3n) is 3.19. The molecule has 1 aliphatic rings. The van der Waals surface area contributed by atoms with Crippen LogP contribution in [0.3, 0.4) is 0 Å². The highest BCUT2D eigenvalue weighted by molar-refractivity contribution is 7.89. The van der Waals surface area contributed by atoms with Crippen LogP contribution in [-0.4, -0.2) is 27.0 Å². The molecular formula is C14H16N2O4S. The van der Waals surface area contributed by atoms with E-state index < -0.39 is 27.6 Å². The number of nitrogens with zero attached hydrogens (tertiary/aromatic N) is 1. The van der Waals surface area contributed by atoms with Crippen LogP contribution >= 0.6 is 0 Å². The molecule has 0 aliphatic heterocycles. The Balaban J connectivity index is 2.00. The van der Waals surface area contributed by atoms with E-state index in [1.54, 1.807) is 24.3 Å². The molecule has 6 nitrogen and oxygen atoms in total. The number of amides is 1. The van der Waals surface area contributed by atoms with Crippen LogP contribution in [0.4, 0.5) is 0 Å². The van der Waals surface area contributed by atoms with Crippen LogP contribution in [-0.2, 0) is 25.3 Å². The lowest BCUT2D eigenvalue weighted by atomic mass is 10.1. The maximum atomic E-state index is 12.0. The molecule has 112 valence electrons. The summed E-state index contributed by atoms with van der Waals surface area (Å²) in [5, 5.41) is 8.94. The summed E-state index contributed by atoms with van der Waals surface area (Å²) in [5.41, 5.74) is 0.659. The monoisotopic (exact) mass is 308 g/mol. The van der Waals surface area contributed by atoms with E-state index in [0.29, 0.717) is 18.6 Å². The Kier molecular flexibility index (Phi) is 4.60. The van der Waals surface area contributed by atoms with Gasteiger partial charge in [-0.15, -0.1) is 0 Å². The van der Waals surface area contributed by atoms with E-state index in [4.69, 9.17) is 10.00 Å². The van der Waals surface area contributed by atoms with E-state index in [2.05, 4.69) is 4.72 Å². The summed E-state index contributed by atoms with van der Waals surface area (Å²) in [6.07, 6.45) is 0.362.